The number of aliphatic hydroxyl groups excluding tert-OH is 1. The molecule has 0 aliphatic heterocycles. The number of anilines is 1. The zero-order chi connectivity index (χ0) is 14.9. The Morgan fingerprint density at radius 1 is 1.45 bits per heavy atom. The summed E-state index contributed by atoms with van der Waals surface area (Å²) in [6.07, 6.45) is 0.528. The minimum atomic E-state index is -0.241. The number of hydrogen-bond acceptors (Lipinski definition) is 3. The van der Waals surface area contributed by atoms with Gasteiger partial charge >= 0.3 is 0 Å². The standard InChI is InChI=1S/C16H24N2O2/c1-5-17-15(20)11-6-7-12(10(2)8-11)18-13-9-14(19)16(13,3)4/h6-8,13-14,18-19H,5,9H2,1-4H3,(H,17,20). The van der Waals surface area contributed by atoms with Gasteiger partial charge in [-0.1, -0.05) is 13.8 Å². The molecule has 0 bridgehead atoms. The summed E-state index contributed by atoms with van der Waals surface area (Å²) in [4.78, 5) is 11.8. The lowest BCUT2D eigenvalue weighted by Crippen LogP contribution is -2.56. The maximum Gasteiger partial charge on any atom is 0.251 e. The molecule has 0 aromatic heterocycles. The predicted molar refractivity (Wildman–Crippen MR) is 81.0 cm³/mol. The number of aryl methyl sites for hydroxylation is 1. The zero-order valence-electron chi connectivity index (χ0n) is 12.7. The topological polar surface area (TPSA) is 61.4 Å². The molecule has 3 N–H and O–H groups in total. The molecule has 1 amide bonds. The summed E-state index contributed by atoms with van der Waals surface area (Å²) < 4.78 is 0. The summed E-state index contributed by atoms with van der Waals surface area (Å²) in [6, 6.07) is 5.95. The number of amides is 1. The summed E-state index contributed by atoms with van der Waals surface area (Å²) in [5, 5.41) is 16.0. The van der Waals surface area contributed by atoms with Crippen LogP contribution in [0.3, 0.4) is 0 Å². The van der Waals surface area contributed by atoms with Gasteiger partial charge in [0.25, 0.3) is 5.91 Å². The summed E-state index contributed by atoms with van der Waals surface area (Å²) in [5.41, 5.74) is 2.65. The van der Waals surface area contributed by atoms with Gasteiger partial charge in [0.1, 0.15) is 0 Å². The monoisotopic (exact) mass is 276 g/mol. The Hall–Kier alpha value is -1.55. The molecule has 1 aromatic carbocycles. The first-order valence-corrected chi connectivity index (χ1v) is 7.19. The number of nitrogens with one attached hydrogen (secondary N) is 2. The molecule has 4 heteroatoms. The molecule has 1 fully saturated rings. The van der Waals surface area contributed by atoms with Crippen molar-refractivity contribution in [2.75, 3.05) is 11.9 Å². The van der Waals surface area contributed by atoms with Gasteiger partial charge in [0, 0.05) is 29.3 Å². The Bertz CT molecular complexity index is 511. The normalized spacial score (nSPS) is 23.9. The molecular formula is C16H24N2O2. The highest BCUT2D eigenvalue weighted by Crippen LogP contribution is 2.42. The van der Waals surface area contributed by atoms with Crippen LogP contribution in [0, 0.1) is 12.3 Å². The number of benzene rings is 1. The van der Waals surface area contributed by atoms with Crippen LogP contribution in [0.5, 0.6) is 0 Å². The lowest BCUT2D eigenvalue weighted by Gasteiger charge is -2.50. The SMILES string of the molecule is CCNC(=O)c1ccc(NC2CC(O)C2(C)C)c(C)c1. The quantitative estimate of drug-likeness (QED) is 0.791. The van der Waals surface area contributed by atoms with Crippen LogP contribution in [0.15, 0.2) is 18.2 Å². The van der Waals surface area contributed by atoms with Crippen molar-refractivity contribution in [3.05, 3.63) is 29.3 Å². The number of rotatable bonds is 4. The second-order valence-electron chi connectivity index (χ2n) is 6.16. The van der Waals surface area contributed by atoms with E-state index in [1.165, 1.54) is 0 Å². The minimum Gasteiger partial charge on any atom is -0.392 e. The summed E-state index contributed by atoms with van der Waals surface area (Å²) in [6.45, 7) is 8.66. The van der Waals surface area contributed by atoms with Crippen LogP contribution >= 0.6 is 0 Å². The third kappa shape index (κ3) is 2.66. The lowest BCUT2D eigenvalue weighted by molar-refractivity contribution is -0.0510. The van der Waals surface area contributed by atoms with E-state index in [1.807, 2.05) is 32.0 Å². The van der Waals surface area contributed by atoms with E-state index in [0.29, 0.717) is 12.1 Å². The van der Waals surface area contributed by atoms with Crippen molar-refractivity contribution in [1.82, 2.24) is 5.32 Å². The molecule has 1 aliphatic carbocycles. The highest BCUT2D eigenvalue weighted by atomic mass is 16.3. The maximum atomic E-state index is 11.8. The van der Waals surface area contributed by atoms with Crippen molar-refractivity contribution in [1.29, 1.82) is 0 Å². The number of carbonyl (C=O) groups excluding carboxylic acids is 1. The lowest BCUT2D eigenvalue weighted by atomic mass is 9.64. The largest absolute Gasteiger partial charge is 0.392 e. The number of hydrogen-bond donors (Lipinski definition) is 3. The van der Waals surface area contributed by atoms with E-state index in [9.17, 15) is 9.90 Å². The fourth-order valence-electron chi connectivity index (χ4n) is 2.56. The molecule has 20 heavy (non-hydrogen) atoms. The van der Waals surface area contributed by atoms with E-state index in [1.54, 1.807) is 0 Å². The molecule has 0 saturated heterocycles. The smallest absolute Gasteiger partial charge is 0.251 e. The molecule has 0 heterocycles. The summed E-state index contributed by atoms with van der Waals surface area (Å²) in [5.74, 6) is -0.0402. The number of carbonyl (C=O) groups is 1. The Morgan fingerprint density at radius 2 is 2.15 bits per heavy atom. The van der Waals surface area contributed by atoms with Gasteiger partial charge in [-0.3, -0.25) is 4.79 Å². The molecular weight excluding hydrogens is 252 g/mol. The first-order chi connectivity index (χ1) is 9.36. The Labute approximate surface area is 120 Å². The average Bonchev–Trinajstić information content (AvgIpc) is 2.40. The van der Waals surface area contributed by atoms with E-state index in [2.05, 4.69) is 24.5 Å². The van der Waals surface area contributed by atoms with Gasteiger partial charge in [-0.15, -0.1) is 0 Å². The van der Waals surface area contributed by atoms with Gasteiger partial charge in [0.05, 0.1) is 6.10 Å². The molecule has 4 nitrogen and oxygen atoms in total. The van der Waals surface area contributed by atoms with E-state index >= 15 is 0 Å². The minimum absolute atomic E-state index is 0.0402. The third-order valence-electron chi connectivity index (χ3n) is 4.37. The zero-order valence-corrected chi connectivity index (χ0v) is 12.7. The van der Waals surface area contributed by atoms with Crippen LogP contribution in [-0.4, -0.2) is 29.7 Å². The summed E-state index contributed by atoms with van der Waals surface area (Å²) in [7, 11) is 0. The van der Waals surface area contributed by atoms with Crippen molar-refractivity contribution in [3.63, 3.8) is 0 Å². The molecule has 2 atom stereocenters. The Balaban J connectivity index is 2.09. The van der Waals surface area contributed by atoms with Crippen LogP contribution in [-0.2, 0) is 0 Å². The molecule has 2 unspecified atom stereocenters. The second kappa shape index (κ2) is 5.44. The van der Waals surface area contributed by atoms with Crippen molar-refractivity contribution in [2.45, 2.75) is 46.3 Å². The first kappa shape index (κ1) is 14.9. The highest BCUT2D eigenvalue weighted by molar-refractivity contribution is 5.94. The Morgan fingerprint density at radius 3 is 2.65 bits per heavy atom. The number of aliphatic hydroxyl groups is 1. The van der Waals surface area contributed by atoms with Gasteiger partial charge in [-0.2, -0.15) is 0 Å². The van der Waals surface area contributed by atoms with Crippen LogP contribution in [0.4, 0.5) is 5.69 Å². The molecule has 0 radical (unpaired) electrons. The van der Waals surface area contributed by atoms with Gasteiger partial charge in [-0.25, -0.2) is 0 Å². The first-order valence-electron chi connectivity index (χ1n) is 7.19. The maximum absolute atomic E-state index is 11.8. The van der Waals surface area contributed by atoms with E-state index in [4.69, 9.17) is 0 Å². The van der Waals surface area contributed by atoms with Gasteiger partial charge < -0.3 is 15.7 Å². The van der Waals surface area contributed by atoms with Crippen molar-refractivity contribution >= 4 is 11.6 Å². The average molecular weight is 276 g/mol. The predicted octanol–water partition coefficient (Wildman–Crippen LogP) is 2.32. The van der Waals surface area contributed by atoms with Crippen LogP contribution in [0.25, 0.3) is 0 Å². The highest BCUT2D eigenvalue weighted by Gasteiger charge is 2.47. The van der Waals surface area contributed by atoms with E-state index in [0.717, 1.165) is 17.7 Å². The third-order valence-corrected chi connectivity index (χ3v) is 4.37. The molecule has 1 saturated carbocycles. The van der Waals surface area contributed by atoms with Crippen molar-refractivity contribution < 1.29 is 9.90 Å². The fourth-order valence-corrected chi connectivity index (χ4v) is 2.56. The molecule has 1 aliphatic rings. The second-order valence-corrected chi connectivity index (χ2v) is 6.16. The molecule has 0 spiro atoms. The van der Waals surface area contributed by atoms with Crippen LogP contribution < -0.4 is 10.6 Å². The van der Waals surface area contributed by atoms with E-state index in [-0.39, 0.29) is 23.5 Å². The van der Waals surface area contributed by atoms with Crippen molar-refractivity contribution in [2.24, 2.45) is 5.41 Å². The van der Waals surface area contributed by atoms with Gasteiger partial charge in [0.15, 0.2) is 0 Å². The van der Waals surface area contributed by atoms with Gasteiger partial charge in [-0.05, 0) is 44.0 Å². The Kier molecular flexibility index (Phi) is 4.04. The summed E-state index contributed by atoms with van der Waals surface area (Å²) >= 11 is 0. The molecule has 1 aromatic rings. The van der Waals surface area contributed by atoms with Crippen LogP contribution in [0.1, 0.15) is 43.1 Å². The molecule has 110 valence electrons. The van der Waals surface area contributed by atoms with Crippen molar-refractivity contribution in [3.8, 4) is 0 Å². The fraction of sp³-hybridized carbons (Fsp3) is 0.562. The van der Waals surface area contributed by atoms with E-state index < -0.39 is 0 Å². The molecule has 2 rings (SSSR count). The van der Waals surface area contributed by atoms with Crippen LogP contribution in [0.2, 0.25) is 0 Å². The van der Waals surface area contributed by atoms with Gasteiger partial charge in [0.2, 0.25) is 0 Å².